The molecule has 2 aliphatic heterocycles. The van der Waals surface area contributed by atoms with Gasteiger partial charge in [0.2, 0.25) is 0 Å². The molecule has 0 aliphatic carbocycles. The molecule has 3 heterocycles. The zero-order chi connectivity index (χ0) is 25.2. The van der Waals surface area contributed by atoms with Gasteiger partial charge in [-0.25, -0.2) is 0 Å². The average Bonchev–Trinajstić information content (AvgIpc) is 3.34. The number of aliphatic hydroxyl groups is 1. The number of aryl methyl sites for hydroxylation is 1. The van der Waals surface area contributed by atoms with Crippen LogP contribution in [-0.4, -0.2) is 50.9 Å². The molecule has 1 N–H and O–H groups in total. The highest BCUT2D eigenvalue weighted by Crippen LogP contribution is 2.42. The van der Waals surface area contributed by atoms with E-state index in [9.17, 15) is 5.11 Å². The normalized spacial score (nSPS) is 16.4. The molecule has 0 unspecified atom stereocenters. The summed E-state index contributed by atoms with van der Waals surface area (Å²) in [5.41, 5.74) is 3.46. The number of fused-ring (bicyclic) bond motifs is 3. The Kier molecular flexibility index (Phi) is 6.53. The lowest BCUT2D eigenvalue weighted by Gasteiger charge is -2.42. The lowest BCUT2D eigenvalue weighted by Crippen LogP contribution is -2.44. The van der Waals surface area contributed by atoms with E-state index in [1.54, 1.807) is 0 Å². The molecular weight excluding hydrogens is 458 g/mol. The molecule has 6 heteroatoms. The van der Waals surface area contributed by atoms with Gasteiger partial charge in [0, 0.05) is 6.54 Å². The summed E-state index contributed by atoms with van der Waals surface area (Å²) >= 11 is 0. The first-order chi connectivity index (χ1) is 18.1. The Morgan fingerprint density at radius 3 is 2.03 bits per heavy atom. The standard InChI is InChI=1S/C31H35N5O/c1-24-32-33-30-23-35(28-15-8-9-16-29(28)36(24)30)20-10-19-34-21-17-27(18-22-34)31(37,25-11-4-2-5-12-25)26-13-6-3-7-14-26/h2-9,11-16,27,37H,10,17-23H2,1H3. The number of hydrogen-bond donors (Lipinski definition) is 1. The van der Waals surface area contributed by atoms with Crippen molar-refractivity contribution in [1.82, 2.24) is 19.7 Å². The summed E-state index contributed by atoms with van der Waals surface area (Å²) in [7, 11) is 0. The molecule has 37 heavy (non-hydrogen) atoms. The fourth-order valence-corrected chi connectivity index (χ4v) is 6.28. The van der Waals surface area contributed by atoms with Gasteiger partial charge in [-0.05, 0) is 75.0 Å². The van der Waals surface area contributed by atoms with Gasteiger partial charge in [0.15, 0.2) is 5.82 Å². The minimum Gasteiger partial charge on any atom is -0.380 e. The molecule has 0 radical (unpaired) electrons. The predicted molar refractivity (Wildman–Crippen MR) is 147 cm³/mol. The lowest BCUT2D eigenvalue weighted by atomic mass is 9.72. The molecule has 0 bridgehead atoms. The van der Waals surface area contributed by atoms with Gasteiger partial charge in [0.25, 0.3) is 0 Å². The van der Waals surface area contributed by atoms with E-state index >= 15 is 0 Å². The smallest absolute Gasteiger partial charge is 0.157 e. The zero-order valence-corrected chi connectivity index (χ0v) is 21.5. The van der Waals surface area contributed by atoms with Crippen molar-refractivity contribution in [3.63, 3.8) is 0 Å². The summed E-state index contributed by atoms with van der Waals surface area (Å²) in [5, 5.41) is 20.9. The van der Waals surface area contributed by atoms with Crippen LogP contribution < -0.4 is 4.90 Å². The highest BCUT2D eigenvalue weighted by molar-refractivity contribution is 5.65. The van der Waals surface area contributed by atoms with Gasteiger partial charge in [0.1, 0.15) is 11.4 Å². The van der Waals surface area contributed by atoms with Crippen LogP contribution in [0.25, 0.3) is 5.69 Å². The third kappa shape index (κ3) is 4.45. The first-order valence-electron chi connectivity index (χ1n) is 13.5. The number of para-hydroxylation sites is 2. The van der Waals surface area contributed by atoms with Gasteiger partial charge in [-0.2, -0.15) is 0 Å². The van der Waals surface area contributed by atoms with Crippen molar-refractivity contribution in [2.75, 3.05) is 31.1 Å². The monoisotopic (exact) mass is 493 g/mol. The maximum Gasteiger partial charge on any atom is 0.157 e. The molecule has 2 aliphatic rings. The van der Waals surface area contributed by atoms with Crippen molar-refractivity contribution in [3.05, 3.63) is 108 Å². The van der Waals surface area contributed by atoms with Gasteiger partial charge in [-0.1, -0.05) is 72.8 Å². The van der Waals surface area contributed by atoms with Crippen molar-refractivity contribution < 1.29 is 5.11 Å². The Labute approximate surface area is 219 Å². The first kappa shape index (κ1) is 23.9. The molecule has 0 amide bonds. The highest BCUT2D eigenvalue weighted by Gasteiger charge is 2.41. The molecule has 0 saturated carbocycles. The number of likely N-dealkylation sites (tertiary alicyclic amines) is 1. The number of nitrogens with zero attached hydrogens (tertiary/aromatic N) is 5. The topological polar surface area (TPSA) is 57.4 Å². The largest absolute Gasteiger partial charge is 0.380 e. The lowest BCUT2D eigenvalue weighted by molar-refractivity contribution is -0.0142. The Bertz CT molecular complexity index is 1290. The molecule has 6 nitrogen and oxygen atoms in total. The van der Waals surface area contributed by atoms with Crippen LogP contribution in [0.4, 0.5) is 5.69 Å². The highest BCUT2D eigenvalue weighted by atomic mass is 16.3. The Morgan fingerprint density at radius 1 is 0.784 bits per heavy atom. The van der Waals surface area contributed by atoms with Crippen molar-refractivity contribution in [1.29, 1.82) is 0 Å². The molecule has 1 fully saturated rings. The minimum atomic E-state index is -0.958. The second-order valence-corrected chi connectivity index (χ2v) is 10.4. The molecule has 6 rings (SSSR count). The summed E-state index contributed by atoms with van der Waals surface area (Å²) in [4.78, 5) is 5.00. The third-order valence-corrected chi connectivity index (χ3v) is 8.20. The summed E-state index contributed by atoms with van der Waals surface area (Å²) < 4.78 is 2.18. The van der Waals surface area contributed by atoms with E-state index in [1.807, 2.05) is 43.3 Å². The van der Waals surface area contributed by atoms with E-state index in [0.29, 0.717) is 0 Å². The molecule has 1 saturated heterocycles. The van der Waals surface area contributed by atoms with E-state index in [4.69, 9.17) is 0 Å². The summed E-state index contributed by atoms with van der Waals surface area (Å²) in [6, 6.07) is 29.0. The van der Waals surface area contributed by atoms with Crippen LogP contribution in [0.15, 0.2) is 84.9 Å². The first-order valence-corrected chi connectivity index (χ1v) is 13.5. The van der Waals surface area contributed by atoms with E-state index in [-0.39, 0.29) is 5.92 Å². The minimum absolute atomic E-state index is 0.192. The molecule has 190 valence electrons. The predicted octanol–water partition coefficient (Wildman–Crippen LogP) is 4.93. The van der Waals surface area contributed by atoms with Crippen molar-refractivity contribution >= 4 is 5.69 Å². The van der Waals surface area contributed by atoms with Gasteiger partial charge in [-0.15, -0.1) is 10.2 Å². The maximum absolute atomic E-state index is 12.1. The fourth-order valence-electron chi connectivity index (χ4n) is 6.28. The quantitative estimate of drug-likeness (QED) is 0.396. The molecule has 0 spiro atoms. The maximum atomic E-state index is 12.1. The second kappa shape index (κ2) is 10.1. The Balaban J connectivity index is 1.09. The number of hydrogen-bond acceptors (Lipinski definition) is 5. The second-order valence-electron chi connectivity index (χ2n) is 10.4. The van der Waals surface area contributed by atoms with Crippen LogP contribution in [-0.2, 0) is 12.1 Å². The van der Waals surface area contributed by atoms with Gasteiger partial charge in [-0.3, -0.25) is 4.57 Å². The zero-order valence-electron chi connectivity index (χ0n) is 21.5. The molecule has 0 atom stereocenters. The number of aromatic nitrogens is 3. The van der Waals surface area contributed by atoms with E-state index < -0.39 is 5.60 Å². The fraction of sp³-hybridized carbons (Fsp3) is 0.355. The number of benzene rings is 3. The van der Waals surface area contributed by atoms with Crippen LogP contribution in [0.3, 0.4) is 0 Å². The summed E-state index contributed by atoms with van der Waals surface area (Å²) in [6.45, 7) is 6.88. The Morgan fingerprint density at radius 2 is 1.38 bits per heavy atom. The van der Waals surface area contributed by atoms with Crippen LogP contribution in [0, 0.1) is 12.8 Å². The molecule has 4 aromatic rings. The molecule has 1 aromatic heterocycles. The Hall–Kier alpha value is -3.48. The third-order valence-electron chi connectivity index (χ3n) is 8.20. The SMILES string of the molecule is Cc1nnc2n1-c1ccccc1N(CCCN1CCC(C(O)(c3ccccc3)c3ccccc3)CC1)C2. The average molecular weight is 494 g/mol. The van der Waals surface area contributed by atoms with Crippen molar-refractivity contribution in [3.8, 4) is 5.69 Å². The van der Waals surface area contributed by atoms with Crippen molar-refractivity contribution in [2.45, 2.75) is 38.3 Å². The van der Waals surface area contributed by atoms with Gasteiger partial charge >= 0.3 is 0 Å². The molecular formula is C31H35N5O. The van der Waals surface area contributed by atoms with E-state index in [0.717, 1.165) is 74.8 Å². The van der Waals surface area contributed by atoms with Crippen molar-refractivity contribution in [2.24, 2.45) is 5.92 Å². The summed E-state index contributed by atoms with van der Waals surface area (Å²) in [6.07, 6.45) is 3.05. The van der Waals surface area contributed by atoms with Gasteiger partial charge in [0.05, 0.1) is 17.9 Å². The number of anilines is 1. The molecule has 3 aromatic carbocycles. The number of piperidine rings is 1. The van der Waals surface area contributed by atoms with E-state index in [1.165, 1.54) is 11.4 Å². The van der Waals surface area contributed by atoms with Crippen LogP contribution in [0.5, 0.6) is 0 Å². The van der Waals surface area contributed by atoms with Crippen LogP contribution in [0.1, 0.15) is 42.0 Å². The van der Waals surface area contributed by atoms with E-state index in [2.05, 4.69) is 73.1 Å². The van der Waals surface area contributed by atoms with Crippen LogP contribution >= 0.6 is 0 Å². The van der Waals surface area contributed by atoms with Crippen LogP contribution in [0.2, 0.25) is 0 Å². The van der Waals surface area contributed by atoms with Gasteiger partial charge < -0.3 is 14.9 Å². The summed E-state index contributed by atoms with van der Waals surface area (Å²) in [5.74, 6) is 2.14. The number of rotatable bonds is 7.